The summed E-state index contributed by atoms with van der Waals surface area (Å²) in [5, 5.41) is 5.64. The number of hydrogen-bond donors (Lipinski definition) is 2. The second-order valence-corrected chi connectivity index (χ2v) is 5.82. The highest BCUT2D eigenvalue weighted by molar-refractivity contribution is 5.99. The normalized spacial score (nSPS) is 10.2. The molecule has 0 radical (unpaired) electrons. The molecule has 0 saturated heterocycles. The van der Waals surface area contributed by atoms with Gasteiger partial charge in [-0.1, -0.05) is 24.3 Å². The summed E-state index contributed by atoms with van der Waals surface area (Å²) in [5.41, 5.74) is 3.80. The van der Waals surface area contributed by atoms with Crippen molar-refractivity contribution < 1.29 is 9.53 Å². The van der Waals surface area contributed by atoms with Gasteiger partial charge in [0.1, 0.15) is 11.5 Å². The van der Waals surface area contributed by atoms with E-state index >= 15 is 0 Å². The largest absolute Gasteiger partial charge is 0.457 e. The van der Waals surface area contributed by atoms with Crippen LogP contribution in [0.4, 0.5) is 16.2 Å². The first kappa shape index (κ1) is 16.6. The summed E-state index contributed by atoms with van der Waals surface area (Å²) in [6.45, 7) is 4.06. The number of aryl methyl sites for hydroxylation is 2. The lowest BCUT2D eigenvalue weighted by Gasteiger charge is -2.10. The van der Waals surface area contributed by atoms with Crippen molar-refractivity contribution in [1.29, 1.82) is 0 Å². The van der Waals surface area contributed by atoms with Gasteiger partial charge in [-0.3, -0.25) is 0 Å². The molecule has 4 heteroatoms. The number of urea groups is 1. The number of para-hydroxylation sites is 1. The number of anilines is 2. The fraction of sp³-hybridized carbons (Fsp3) is 0.0952. The Hall–Kier alpha value is -3.27. The maximum atomic E-state index is 12.1. The molecule has 3 aromatic carbocycles. The molecular weight excluding hydrogens is 312 g/mol. The molecule has 3 rings (SSSR count). The first-order valence-electron chi connectivity index (χ1n) is 8.08. The van der Waals surface area contributed by atoms with Gasteiger partial charge in [0, 0.05) is 11.4 Å². The standard InChI is InChI=1S/C21H20N2O2/c1-15-8-9-18(14-16(15)2)23-21(24)22-17-10-12-20(13-11-17)25-19-6-4-3-5-7-19/h3-14H,1-2H3,(H2,22,23,24). The molecule has 0 fully saturated rings. The van der Waals surface area contributed by atoms with Crippen LogP contribution in [-0.4, -0.2) is 6.03 Å². The van der Waals surface area contributed by atoms with Gasteiger partial charge in [-0.2, -0.15) is 0 Å². The Bertz CT molecular complexity index is 859. The highest BCUT2D eigenvalue weighted by Gasteiger charge is 2.04. The predicted molar refractivity (Wildman–Crippen MR) is 102 cm³/mol. The fourth-order valence-corrected chi connectivity index (χ4v) is 2.34. The zero-order valence-corrected chi connectivity index (χ0v) is 14.2. The van der Waals surface area contributed by atoms with Crippen LogP contribution in [0.25, 0.3) is 0 Å². The molecule has 0 spiro atoms. The van der Waals surface area contributed by atoms with Gasteiger partial charge in [-0.05, 0) is 73.5 Å². The number of hydrogen-bond acceptors (Lipinski definition) is 2. The van der Waals surface area contributed by atoms with Crippen LogP contribution in [0, 0.1) is 13.8 Å². The predicted octanol–water partition coefficient (Wildman–Crippen LogP) is 5.74. The number of benzene rings is 3. The van der Waals surface area contributed by atoms with E-state index < -0.39 is 0 Å². The van der Waals surface area contributed by atoms with Crippen LogP contribution in [0.2, 0.25) is 0 Å². The summed E-state index contributed by atoms with van der Waals surface area (Å²) >= 11 is 0. The van der Waals surface area contributed by atoms with E-state index in [-0.39, 0.29) is 6.03 Å². The summed E-state index contributed by atoms with van der Waals surface area (Å²) in [7, 11) is 0. The summed E-state index contributed by atoms with van der Waals surface area (Å²) in [4.78, 5) is 12.1. The van der Waals surface area contributed by atoms with Gasteiger partial charge in [0.25, 0.3) is 0 Å². The van der Waals surface area contributed by atoms with Crippen LogP contribution in [0.5, 0.6) is 11.5 Å². The highest BCUT2D eigenvalue weighted by Crippen LogP contribution is 2.22. The quantitative estimate of drug-likeness (QED) is 0.640. The molecule has 25 heavy (non-hydrogen) atoms. The van der Waals surface area contributed by atoms with Gasteiger partial charge in [-0.25, -0.2) is 4.79 Å². The zero-order valence-electron chi connectivity index (χ0n) is 14.2. The molecule has 0 heterocycles. The molecule has 3 aromatic rings. The molecule has 0 atom stereocenters. The van der Waals surface area contributed by atoms with E-state index in [1.54, 1.807) is 12.1 Å². The Morgan fingerprint density at radius 1 is 0.720 bits per heavy atom. The molecule has 0 aromatic heterocycles. The van der Waals surface area contributed by atoms with Crippen LogP contribution >= 0.6 is 0 Å². The fourth-order valence-electron chi connectivity index (χ4n) is 2.34. The lowest BCUT2D eigenvalue weighted by atomic mass is 10.1. The molecule has 0 aliphatic heterocycles. The van der Waals surface area contributed by atoms with Crippen LogP contribution in [0.15, 0.2) is 72.8 Å². The molecule has 126 valence electrons. The van der Waals surface area contributed by atoms with Crippen molar-refractivity contribution in [2.24, 2.45) is 0 Å². The Morgan fingerprint density at radius 3 is 2.00 bits per heavy atom. The molecule has 0 unspecified atom stereocenters. The molecule has 0 bridgehead atoms. The molecule has 0 aliphatic carbocycles. The van der Waals surface area contributed by atoms with Crippen LogP contribution in [0.1, 0.15) is 11.1 Å². The molecule has 4 nitrogen and oxygen atoms in total. The van der Waals surface area contributed by atoms with E-state index in [1.165, 1.54) is 5.56 Å². The van der Waals surface area contributed by atoms with E-state index in [2.05, 4.69) is 10.6 Å². The van der Waals surface area contributed by atoms with Gasteiger partial charge < -0.3 is 15.4 Å². The van der Waals surface area contributed by atoms with E-state index in [9.17, 15) is 4.79 Å². The van der Waals surface area contributed by atoms with Gasteiger partial charge in [0.15, 0.2) is 0 Å². The molecule has 2 N–H and O–H groups in total. The van der Waals surface area contributed by atoms with Crippen molar-refractivity contribution in [3.63, 3.8) is 0 Å². The Kier molecular flexibility index (Phi) is 5.00. The van der Waals surface area contributed by atoms with Gasteiger partial charge in [0.05, 0.1) is 0 Å². The average Bonchev–Trinajstić information content (AvgIpc) is 2.61. The monoisotopic (exact) mass is 332 g/mol. The van der Waals surface area contributed by atoms with Gasteiger partial charge >= 0.3 is 6.03 Å². The van der Waals surface area contributed by atoms with Crippen molar-refractivity contribution in [2.75, 3.05) is 10.6 Å². The van der Waals surface area contributed by atoms with E-state index in [0.29, 0.717) is 11.4 Å². The minimum absolute atomic E-state index is 0.278. The second-order valence-electron chi connectivity index (χ2n) is 5.82. The average molecular weight is 332 g/mol. The first-order chi connectivity index (χ1) is 12.1. The van der Waals surface area contributed by atoms with Gasteiger partial charge in [-0.15, -0.1) is 0 Å². The SMILES string of the molecule is Cc1ccc(NC(=O)Nc2ccc(Oc3ccccc3)cc2)cc1C. The third kappa shape index (κ3) is 4.61. The summed E-state index contributed by atoms with van der Waals surface area (Å²) in [6, 6.07) is 22.4. The number of carbonyl (C=O) groups is 1. The summed E-state index contributed by atoms with van der Waals surface area (Å²) in [6.07, 6.45) is 0. The number of carbonyl (C=O) groups excluding carboxylic acids is 1. The smallest absolute Gasteiger partial charge is 0.323 e. The maximum Gasteiger partial charge on any atom is 0.323 e. The summed E-state index contributed by atoms with van der Waals surface area (Å²) in [5.74, 6) is 1.49. The number of amides is 2. The van der Waals surface area contributed by atoms with Crippen molar-refractivity contribution in [2.45, 2.75) is 13.8 Å². The van der Waals surface area contributed by atoms with Crippen molar-refractivity contribution in [1.82, 2.24) is 0 Å². The first-order valence-corrected chi connectivity index (χ1v) is 8.08. The number of ether oxygens (including phenoxy) is 1. The number of nitrogens with one attached hydrogen (secondary N) is 2. The van der Waals surface area contributed by atoms with E-state index in [0.717, 1.165) is 17.0 Å². The number of rotatable bonds is 4. The Balaban J connectivity index is 1.59. The third-order valence-corrected chi connectivity index (χ3v) is 3.86. The highest BCUT2D eigenvalue weighted by atomic mass is 16.5. The van der Waals surface area contributed by atoms with Crippen molar-refractivity contribution >= 4 is 17.4 Å². The Labute approximate surface area is 147 Å². The maximum absolute atomic E-state index is 12.1. The minimum Gasteiger partial charge on any atom is -0.457 e. The van der Waals surface area contributed by atoms with Crippen LogP contribution < -0.4 is 15.4 Å². The molecular formula is C21H20N2O2. The Morgan fingerprint density at radius 2 is 1.32 bits per heavy atom. The lowest BCUT2D eigenvalue weighted by Crippen LogP contribution is -2.19. The third-order valence-electron chi connectivity index (χ3n) is 3.86. The van der Waals surface area contributed by atoms with Crippen molar-refractivity contribution in [3.8, 4) is 11.5 Å². The second kappa shape index (κ2) is 7.53. The zero-order chi connectivity index (χ0) is 17.6. The van der Waals surface area contributed by atoms with Crippen LogP contribution in [-0.2, 0) is 0 Å². The van der Waals surface area contributed by atoms with Crippen LogP contribution in [0.3, 0.4) is 0 Å². The van der Waals surface area contributed by atoms with Gasteiger partial charge in [0.2, 0.25) is 0 Å². The molecule has 0 saturated carbocycles. The minimum atomic E-state index is -0.278. The molecule has 0 aliphatic rings. The molecule has 2 amide bonds. The lowest BCUT2D eigenvalue weighted by molar-refractivity contribution is 0.262. The van der Waals surface area contributed by atoms with Crippen molar-refractivity contribution in [3.05, 3.63) is 83.9 Å². The van der Waals surface area contributed by atoms with E-state index in [4.69, 9.17) is 4.74 Å². The summed E-state index contributed by atoms with van der Waals surface area (Å²) < 4.78 is 5.73. The topological polar surface area (TPSA) is 50.4 Å². The van der Waals surface area contributed by atoms with E-state index in [1.807, 2.05) is 74.5 Å².